The van der Waals surface area contributed by atoms with Crippen LogP contribution in [-0.4, -0.2) is 62.4 Å². The summed E-state index contributed by atoms with van der Waals surface area (Å²) < 4.78 is 1.54. The maximum Gasteiger partial charge on any atom is 0.276 e. The van der Waals surface area contributed by atoms with Crippen molar-refractivity contribution in [1.82, 2.24) is 24.4 Å². The zero-order valence-corrected chi connectivity index (χ0v) is 17.9. The summed E-state index contributed by atoms with van der Waals surface area (Å²) in [4.78, 5) is 45.5. The Hall–Kier alpha value is -2.64. The van der Waals surface area contributed by atoms with Gasteiger partial charge in [-0.3, -0.25) is 19.5 Å². The molecule has 2 aliphatic heterocycles. The number of hydrogen-bond donors (Lipinski definition) is 1. The number of hydrogen-bond acceptors (Lipinski definition) is 4. The van der Waals surface area contributed by atoms with Crippen LogP contribution in [0.1, 0.15) is 68.3 Å². The molecular weight excluding hydrogens is 382 g/mol. The van der Waals surface area contributed by atoms with Crippen LogP contribution in [0.15, 0.2) is 10.9 Å². The van der Waals surface area contributed by atoms with Gasteiger partial charge in [0, 0.05) is 68.0 Å². The van der Waals surface area contributed by atoms with Crippen molar-refractivity contribution < 1.29 is 9.59 Å². The largest absolute Gasteiger partial charge is 0.343 e. The third kappa shape index (κ3) is 4.00. The van der Waals surface area contributed by atoms with Gasteiger partial charge in [0.2, 0.25) is 11.8 Å². The van der Waals surface area contributed by atoms with Crippen molar-refractivity contribution in [2.45, 2.75) is 64.7 Å². The van der Waals surface area contributed by atoms with Gasteiger partial charge in [-0.15, -0.1) is 0 Å². The number of aromatic nitrogens is 3. The molecule has 2 amide bonds. The second-order valence-corrected chi connectivity index (χ2v) is 8.51. The predicted octanol–water partition coefficient (Wildman–Crippen LogP) is 2.00. The normalized spacial score (nSPS) is 19.8. The first kappa shape index (κ1) is 20.6. The van der Waals surface area contributed by atoms with Gasteiger partial charge in [-0.05, 0) is 39.0 Å². The van der Waals surface area contributed by atoms with Gasteiger partial charge in [-0.25, -0.2) is 9.50 Å². The third-order valence-electron chi connectivity index (χ3n) is 6.49. The number of fused-ring (bicyclic) bond motifs is 1. The predicted molar refractivity (Wildman–Crippen MR) is 114 cm³/mol. The molecule has 0 aromatic carbocycles. The number of carbonyl (C=O) groups excluding carboxylic acids is 2. The zero-order valence-electron chi connectivity index (χ0n) is 17.9. The Balaban J connectivity index is 1.41. The molecule has 4 rings (SSSR count). The highest BCUT2D eigenvalue weighted by Gasteiger charge is 2.27. The zero-order chi connectivity index (χ0) is 21.3. The van der Waals surface area contributed by atoms with E-state index in [1.165, 1.54) is 4.52 Å². The Morgan fingerprint density at radius 2 is 2.10 bits per heavy atom. The average Bonchev–Trinajstić information content (AvgIpc) is 3.35. The van der Waals surface area contributed by atoms with E-state index in [2.05, 4.69) is 10.1 Å². The molecule has 2 aromatic heterocycles. The van der Waals surface area contributed by atoms with Gasteiger partial charge in [0.25, 0.3) is 5.56 Å². The van der Waals surface area contributed by atoms with Crippen LogP contribution in [0.25, 0.3) is 5.65 Å². The summed E-state index contributed by atoms with van der Waals surface area (Å²) in [6, 6.07) is 1.95. The summed E-state index contributed by atoms with van der Waals surface area (Å²) in [5.41, 5.74) is 3.09. The molecule has 1 unspecified atom stereocenters. The molecule has 8 heteroatoms. The van der Waals surface area contributed by atoms with E-state index in [0.29, 0.717) is 38.0 Å². The quantitative estimate of drug-likeness (QED) is 0.784. The van der Waals surface area contributed by atoms with E-state index in [1.807, 2.05) is 29.7 Å². The van der Waals surface area contributed by atoms with Gasteiger partial charge in [0.05, 0.1) is 0 Å². The van der Waals surface area contributed by atoms with E-state index >= 15 is 0 Å². The fourth-order valence-corrected chi connectivity index (χ4v) is 4.78. The van der Waals surface area contributed by atoms with Crippen LogP contribution < -0.4 is 5.56 Å². The summed E-state index contributed by atoms with van der Waals surface area (Å²) in [6.07, 6.45) is 5.35. The summed E-state index contributed by atoms with van der Waals surface area (Å²) in [6.45, 7) is 6.77. The van der Waals surface area contributed by atoms with Crippen molar-refractivity contribution in [2.75, 3.05) is 26.2 Å². The molecule has 8 nitrogen and oxygen atoms in total. The first-order valence-electron chi connectivity index (χ1n) is 11.1. The molecule has 0 aliphatic carbocycles. The number of carbonyl (C=O) groups is 2. The van der Waals surface area contributed by atoms with E-state index in [9.17, 15) is 14.4 Å². The lowest BCUT2D eigenvalue weighted by Crippen LogP contribution is -2.39. The van der Waals surface area contributed by atoms with Gasteiger partial charge in [0.15, 0.2) is 5.65 Å². The number of likely N-dealkylation sites (tertiary alicyclic amines) is 2. The van der Waals surface area contributed by atoms with Crippen LogP contribution in [0.2, 0.25) is 0 Å². The Kier molecular flexibility index (Phi) is 5.92. The molecule has 162 valence electrons. The molecule has 0 spiro atoms. The first-order chi connectivity index (χ1) is 14.5. The standard InChI is InChI=1S/C22H31N5O3/c1-3-17-15(2)23-19-13-18(24-27(19)22(17)30)16-7-4-12-26(14-16)21(29)9-6-11-25-10-5-8-20(25)28/h13,16,24H,3-12,14H2,1-2H3. The van der Waals surface area contributed by atoms with Crippen LogP contribution in [-0.2, 0) is 16.0 Å². The smallest absolute Gasteiger partial charge is 0.276 e. The number of rotatable bonds is 6. The minimum Gasteiger partial charge on any atom is -0.343 e. The lowest BCUT2D eigenvalue weighted by molar-refractivity contribution is -0.133. The number of amides is 2. The highest BCUT2D eigenvalue weighted by atomic mass is 16.2. The van der Waals surface area contributed by atoms with Crippen LogP contribution >= 0.6 is 0 Å². The molecule has 1 N–H and O–H groups in total. The van der Waals surface area contributed by atoms with Gasteiger partial charge < -0.3 is 9.80 Å². The molecular formula is C22H31N5O3. The van der Waals surface area contributed by atoms with Gasteiger partial charge in [0.1, 0.15) is 0 Å². The fourth-order valence-electron chi connectivity index (χ4n) is 4.78. The molecule has 1 atom stereocenters. The fraction of sp³-hybridized carbons (Fsp3) is 0.636. The number of nitrogens with zero attached hydrogens (tertiary/aromatic N) is 4. The first-order valence-corrected chi connectivity index (χ1v) is 11.1. The Bertz CT molecular complexity index is 1010. The SMILES string of the molecule is CCc1c(C)nc2cc(C3CCCN(C(=O)CCCN4CCCC4=O)C3)[nH]n2c1=O. The Morgan fingerprint density at radius 1 is 1.27 bits per heavy atom. The van der Waals surface area contributed by atoms with Crippen LogP contribution in [0, 0.1) is 6.92 Å². The minimum atomic E-state index is -0.0357. The number of aromatic amines is 1. The maximum absolute atomic E-state index is 12.7. The van der Waals surface area contributed by atoms with Crippen LogP contribution in [0.5, 0.6) is 0 Å². The van der Waals surface area contributed by atoms with Crippen molar-refractivity contribution >= 4 is 17.5 Å². The topological polar surface area (TPSA) is 90.8 Å². The minimum absolute atomic E-state index is 0.0357. The lowest BCUT2D eigenvalue weighted by atomic mass is 9.94. The van der Waals surface area contributed by atoms with Gasteiger partial charge in [-0.1, -0.05) is 6.92 Å². The number of aryl methyl sites for hydroxylation is 1. The molecule has 0 saturated carbocycles. The number of H-pyrrole nitrogens is 1. The third-order valence-corrected chi connectivity index (χ3v) is 6.49. The summed E-state index contributed by atoms with van der Waals surface area (Å²) in [5.74, 6) is 0.542. The van der Waals surface area contributed by atoms with Gasteiger partial charge in [-0.2, -0.15) is 0 Å². The Morgan fingerprint density at radius 3 is 2.83 bits per heavy atom. The molecule has 4 heterocycles. The molecule has 2 saturated heterocycles. The van der Waals surface area contributed by atoms with E-state index in [-0.39, 0.29) is 23.3 Å². The van der Waals surface area contributed by atoms with Crippen molar-refractivity contribution in [1.29, 1.82) is 0 Å². The highest BCUT2D eigenvalue weighted by molar-refractivity contribution is 5.78. The lowest BCUT2D eigenvalue weighted by Gasteiger charge is -2.32. The molecule has 2 fully saturated rings. The summed E-state index contributed by atoms with van der Waals surface area (Å²) in [5, 5.41) is 3.24. The average molecular weight is 414 g/mol. The highest BCUT2D eigenvalue weighted by Crippen LogP contribution is 2.27. The van der Waals surface area contributed by atoms with Crippen LogP contribution in [0.4, 0.5) is 0 Å². The van der Waals surface area contributed by atoms with Crippen molar-refractivity contribution in [3.05, 3.63) is 33.4 Å². The molecule has 30 heavy (non-hydrogen) atoms. The van der Waals surface area contributed by atoms with E-state index in [1.54, 1.807) is 0 Å². The van der Waals surface area contributed by atoms with Gasteiger partial charge >= 0.3 is 0 Å². The van der Waals surface area contributed by atoms with E-state index in [4.69, 9.17) is 0 Å². The second kappa shape index (κ2) is 8.62. The van der Waals surface area contributed by atoms with Crippen LogP contribution in [0.3, 0.4) is 0 Å². The monoisotopic (exact) mass is 413 g/mol. The van der Waals surface area contributed by atoms with Crippen molar-refractivity contribution in [3.8, 4) is 0 Å². The van der Waals surface area contributed by atoms with E-state index in [0.717, 1.165) is 55.7 Å². The van der Waals surface area contributed by atoms with E-state index < -0.39 is 0 Å². The molecule has 0 bridgehead atoms. The molecule has 2 aromatic rings. The molecule has 2 aliphatic rings. The summed E-state index contributed by atoms with van der Waals surface area (Å²) >= 11 is 0. The second-order valence-electron chi connectivity index (χ2n) is 8.51. The number of nitrogens with one attached hydrogen (secondary N) is 1. The summed E-state index contributed by atoms with van der Waals surface area (Å²) in [7, 11) is 0. The maximum atomic E-state index is 12.7. The number of piperidine rings is 1. The van der Waals surface area contributed by atoms with Crippen molar-refractivity contribution in [2.24, 2.45) is 0 Å². The Labute approximate surface area is 176 Å². The molecule has 0 radical (unpaired) electrons. The van der Waals surface area contributed by atoms with Crippen molar-refractivity contribution in [3.63, 3.8) is 0 Å².